The van der Waals surface area contributed by atoms with Gasteiger partial charge in [-0.05, 0) is 36.4 Å². The fourth-order valence-electron chi connectivity index (χ4n) is 3.39. The molecule has 7 nitrogen and oxygen atoms in total. The Hall–Kier alpha value is -3.85. The van der Waals surface area contributed by atoms with Gasteiger partial charge in [0.25, 0.3) is 5.56 Å². The normalized spacial score (nSPS) is 11.3. The Labute approximate surface area is 179 Å². The van der Waals surface area contributed by atoms with Crippen LogP contribution in [0.3, 0.4) is 0 Å². The van der Waals surface area contributed by atoms with E-state index in [0.717, 1.165) is 4.96 Å². The number of imidazole rings is 1. The first-order valence-corrected chi connectivity index (χ1v) is 10.5. The van der Waals surface area contributed by atoms with Crippen LogP contribution in [0.5, 0.6) is 0 Å². The van der Waals surface area contributed by atoms with E-state index in [1.807, 2.05) is 17.6 Å². The number of halogens is 1. The van der Waals surface area contributed by atoms with E-state index in [4.69, 9.17) is 0 Å². The molecule has 154 valence electrons. The zero-order chi connectivity index (χ0) is 21.4. The van der Waals surface area contributed by atoms with Crippen molar-refractivity contribution in [1.82, 2.24) is 19.4 Å². The van der Waals surface area contributed by atoms with Gasteiger partial charge in [-0.15, -0.1) is 11.3 Å². The number of aryl methyl sites for hydroxylation is 1. The summed E-state index contributed by atoms with van der Waals surface area (Å²) in [5, 5.41) is 5.29. The average Bonchev–Trinajstić information content (AvgIpc) is 3.36. The summed E-state index contributed by atoms with van der Waals surface area (Å²) in [5.74, 6) is 0.388. The summed E-state index contributed by atoms with van der Waals surface area (Å²) >= 11 is 1.44. The Kier molecular flexibility index (Phi) is 4.79. The second-order valence-corrected chi connectivity index (χ2v) is 7.82. The Bertz CT molecular complexity index is 1470. The minimum atomic E-state index is -0.341. The van der Waals surface area contributed by atoms with Gasteiger partial charge in [-0.25, -0.2) is 14.4 Å². The number of benzene rings is 2. The molecule has 5 rings (SSSR count). The lowest BCUT2D eigenvalue weighted by Crippen LogP contribution is -2.17. The maximum Gasteiger partial charge on any atom is 0.258 e. The van der Waals surface area contributed by atoms with Gasteiger partial charge in [0.05, 0.1) is 10.9 Å². The van der Waals surface area contributed by atoms with Crippen LogP contribution in [0.1, 0.15) is 12.2 Å². The molecule has 31 heavy (non-hydrogen) atoms. The molecule has 0 radical (unpaired) electrons. The molecule has 0 unspecified atom stereocenters. The van der Waals surface area contributed by atoms with Crippen molar-refractivity contribution in [3.8, 4) is 11.3 Å². The molecule has 0 aliphatic heterocycles. The molecule has 0 saturated carbocycles. The molecule has 2 N–H and O–H groups in total. The third-order valence-electron chi connectivity index (χ3n) is 4.89. The van der Waals surface area contributed by atoms with Crippen LogP contribution in [0, 0.1) is 5.82 Å². The number of hydrogen-bond acceptors (Lipinski definition) is 5. The van der Waals surface area contributed by atoms with Crippen molar-refractivity contribution in [3.63, 3.8) is 0 Å². The van der Waals surface area contributed by atoms with E-state index in [-0.39, 0.29) is 30.1 Å². The SMILES string of the molecule is O=C(CCc1nc2ccccc2c(=O)[nH]1)Nc1c(-c2ccc(F)cc2)nc2sccn12. The summed E-state index contributed by atoms with van der Waals surface area (Å²) in [4.78, 5) is 37.4. The Morgan fingerprint density at radius 2 is 1.94 bits per heavy atom. The molecule has 0 atom stereocenters. The number of thiazole rings is 1. The molecule has 0 fully saturated rings. The summed E-state index contributed by atoms with van der Waals surface area (Å²) in [7, 11) is 0. The van der Waals surface area contributed by atoms with Crippen LogP contribution >= 0.6 is 11.3 Å². The molecule has 0 aliphatic carbocycles. The van der Waals surface area contributed by atoms with Crippen LogP contribution < -0.4 is 10.9 Å². The third kappa shape index (κ3) is 3.71. The van der Waals surface area contributed by atoms with Crippen LogP contribution in [-0.2, 0) is 11.2 Å². The minimum absolute atomic E-state index is 0.126. The molecule has 9 heteroatoms. The van der Waals surface area contributed by atoms with Crippen LogP contribution in [-0.4, -0.2) is 25.3 Å². The van der Waals surface area contributed by atoms with E-state index in [2.05, 4.69) is 20.3 Å². The van der Waals surface area contributed by atoms with Crippen molar-refractivity contribution < 1.29 is 9.18 Å². The van der Waals surface area contributed by atoms with Crippen molar-refractivity contribution in [2.75, 3.05) is 5.32 Å². The van der Waals surface area contributed by atoms with E-state index in [1.54, 1.807) is 34.7 Å². The highest BCUT2D eigenvalue weighted by molar-refractivity contribution is 7.15. The van der Waals surface area contributed by atoms with E-state index in [1.165, 1.54) is 23.5 Å². The molecule has 3 aromatic heterocycles. The van der Waals surface area contributed by atoms with E-state index >= 15 is 0 Å². The highest BCUT2D eigenvalue weighted by Gasteiger charge is 2.17. The van der Waals surface area contributed by atoms with Gasteiger partial charge < -0.3 is 10.3 Å². The number of aromatic amines is 1. The van der Waals surface area contributed by atoms with Crippen LogP contribution in [0.15, 0.2) is 64.9 Å². The summed E-state index contributed by atoms with van der Waals surface area (Å²) in [6.07, 6.45) is 2.23. The van der Waals surface area contributed by atoms with E-state index in [9.17, 15) is 14.0 Å². The largest absolute Gasteiger partial charge is 0.310 e. The van der Waals surface area contributed by atoms with Crippen molar-refractivity contribution in [1.29, 1.82) is 0 Å². The number of aromatic nitrogens is 4. The monoisotopic (exact) mass is 433 g/mol. The fraction of sp³-hybridized carbons (Fsp3) is 0.0909. The molecule has 2 aromatic carbocycles. The maximum absolute atomic E-state index is 13.3. The topological polar surface area (TPSA) is 92.1 Å². The first-order chi connectivity index (χ1) is 15.1. The average molecular weight is 433 g/mol. The molecule has 0 spiro atoms. The number of anilines is 1. The number of hydrogen-bond donors (Lipinski definition) is 2. The molecule has 5 aromatic rings. The van der Waals surface area contributed by atoms with Crippen LogP contribution in [0.2, 0.25) is 0 Å². The fourth-order valence-corrected chi connectivity index (χ4v) is 4.11. The summed E-state index contributed by atoms with van der Waals surface area (Å²) in [5.41, 5.74) is 1.64. The van der Waals surface area contributed by atoms with Crippen molar-refractivity contribution in [2.45, 2.75) is 12.8 Å². The third-order valence-corrected chi connectivity index (χ3v) is 5.64. The van der Waals surface area contributed by atoms with Gasteiger partial charge in [0.2, 0.25) is 5.91 Å². The predicted molar refractivity (Wildman–Crippen MR) is 118 cm³/mol. The maximum atomic E-state index is 13.3. The number of amides is 1. The number of nitrogens with one attached hydrogen (secondary N) is 2. The van der Waals surface area contributed by atoms with Gasteiger partial charge in [0, 0.05) is 30.0 Å². The number of carbonyl (C=O) groups is 1. The Balaban J connectivity index is 1.38. The van der Waals surface area contributed by atoms with Gasteiger partial charge in [0.15, 0.2) is 4.96 Å². The minimum Gasteiger partial charge on any atom is -0.310 e. The zero-order valence-corrected chi connectivity index (χ0v) is 16.9. The Morgan fingerprint density at radius 1 is 1.13 bits per heavy atom. The highest BCUT2D eigenvalue weighted by Crippen LogP contribution is 2.31. The molecular formula is C22H16FN5O2S. The molecular weight excluding hydrogens is 417 g/mol. The van der Waals surface area contributed by atoms with E-state index < -0.39 is 0 Å². The van der Waals surface area contributed by atoms with Gasteiger partial charge in [-0.2, -0.15) is 0 Å². The number of rotatable bonds is 5. The predicted octanol–water partition coefficient (Wildman–Crippen LogP) is 4.01. The highest BCUT2D eigenvalue weighted by atomic mass is 32.1. The second-order valence-electron chi connectivity index (χ2n) is 6.95. The number of nitrogens with zero attached hydrogens (tertiary/aromatic N) is 3. The molecule has 0 saturated heterocycles. The smallest absolute Gasteiger partial charge is 0.258 e. The van der Waals surface area contributed by atoms with Gasteiger partial charge in [-0.3, -0.25) is 14.0 Å². The lowest BCUT2D eigenvalue weighted by molar-refractivity contribution is -0.116. The quantitative estimate of drug-likeness (QED) is 0.438. The van der Waals surface area contributed by atoms with Gasteiger partial charge in [-0.1, -0.05) is 12.1 Å². The standard InChI is InChI=1S/C22H16FN5O2S/c23-14-7-5-13(6-8-14)19-20(28-11-12-31-22(28)27-19)26-18(29)10-9-17-24-16-4-2-1-3-15(16)21(30)25-17/h1-8,11-12H,9-10H2,(H,26,29)(H,24,25,30). The number of fused-ring (bicyclic) bond motifs is 2. The van der Waals surface area contributed by atoms with Gasteiger partial charge in [0.1, 0.15) is 23.2 Å². The summed E-state index contributed by atoms with van der Waals surface area (Å²) in [6.45, 7) is 0. The molecule has 0 aliphatic rings. The second kappa shape index (κ2) is 7.77. The van der Waals surface area contributed by atoms with E-state index in [0.29, 0.717) is 33.8 Å². The van der Waals surface area contributed by atoms with Gasteiger partial charge >= 0.3 is 0 Å². The first-order valence-electron chi connectivity index (χ1n) is 9.58. The van der Waals surface area contributed by atoms with Crippen molar-refractivity contribution in [3.05, 3.63) is 82.1 Å². The van der Waals surface area contributed by atoms with Crippen molar-refractivity contribution in [2.24, 2.45) is 0 Å². The number of para-hydroxylation sites is 1. The zero-order valence-electron chi connectivity index (χ0n) is 16.1. The molecule has 0 bridgehead atoms. The number of carbonyl (C=O) groups excluding carboxylic acids is 1. The van der Waals surface area contributed by atoms with Crippen molar-refractivity contribution >= 4 is 38.9 Å². The lowest BCUT2D eigenvalue weighted by Gasteiger charge is -2.08. The van der Waals surface area contributed by atoms with Crippen LogP contribution in [0.25, 0.3) is 27.1 Å². The molecule has 3 heterocycles. The van der Waals surface area contributed by atoms with Crippen LogP contribution in [0.4, 0.5) is 10.2 Å². The summed E-state index contributed by atoms with van der Waals surface area (Å²) < 4.78 is 15.1. The Morgan fingerprint density at radius 3 is 2.77 bits per heavy atom. The first kappa shape index (κ1) is 19.1. The lowest BCUT2D eigenvalue weighted by atomic mass is 10.1. The number of H-pyrrole nitrogens is 1. The summed E-state index contributed by atoms with van der Waals surface area (Å²) in [6, 6.07) is 13.0. The molecule has 1 amide bonds.